The molecule has 0 aliphatic carbocycles. The summed E-state index contributed by atoms with van der Waals surface area (Å²) in [6.45, 7) is 1.10. The average molecular weight is 176 g/mol. The Morgan fingerprint density at radius 2 is 2.08 bits per heavy atom. The predicted octanol–water partition coefficient (Wildman–Crippen LogP) is 0.260. The minimum atomic E-state index is 0.500. The molecule has 0 aromatic heterocycles. The van der Waals surface area contributed by atoms with Crippen LogP contribution in [0.1, 0.15) is 0 Å². The van der Waals surface area contributed by atoms with E-state index in [2.05, 4.69) is 0 Å². The summed E-state index contributed by atoms with van der Waals surface area (Å²) < 4.78 is 15.8. The molecule has 1 heterocycles. The Morgan fingerprint density at radius 1 is 1.31 bits per heavy atom. The molecule has 0 atom stereocenters. The molecule has 0 spiro atoms. The maximum Gasteiger partial charge on any atom is 0.161 e. The molecular weight excluding hydrogens is 167 g/mol. The second kappa shape index (κ2) is 3.20. The maximum atomic E-state index is 5.78. The van der Waals surface area contributed by atoms with Crippen LogP contribution >= 0.6 is 0 Å². The van der Waals surface area contributed by atoms with Gasteiger partial charge < -0.3 is 14.2 Å². The Bertz CT molecular complexity index is 325. The van der Waals surface area contributed by atoms with Gasteiger partial charge in [0.25, 0.3) is 0 Å². The van der Waals surface area contributed by atoms with Gasteiger partial charge in [0.1, 0.15) is 26.8 Å². The standard InChI is InChI=1S/C9H9BO3/c1-11-6-2-3-7-9(8(6)10)13-5-4-12-7/h2-3H,4-5H2,1H3. The molecule has 0 amide bonds. The second-order valence-electron chi connectivity index (χ2n) is 2.71. The van der Waals surface area contributed by atoms with Gasteiger partial charge in [-0.05, 0) is 17.6 Å². The Hall–Kier alpha value is -1.32. The van der Waals surface area contributed by atoms with Crippen LogP contribution in [-0.2, 0) is 0 Å². The Morgan fingerprint density at radius 3 is 2.85 bits per heavy atom. The van der Waals surface area contributed by atoms with Crippen LogP contribution in [0, 0.1) is 0 Å². The van der Waals surface area contributed by atoms with Crippen molar-refractivity contribution in [3.63, 3.8) is 0 Å². The molecule has 13 heavy (non-hydrogen) atoms. The molecule has 1 aromatic rings. The van der Waals surface area contributed by atoms with E-state index >= 15 is 0 Å². The van der Waals surface area contributed by atoms with Crippen LogP contribution in [0.15, 0.2) is 12.1 Å². The zero-order valence-corrected chi connectivity index (χ0v) is 7.37. The summed E-state index contributed by atoms with van der Waals surface area (Å²) in [5.74, 6) is 1.89. The maximum absolute atomic E-state index is 5.78. The summed E-state index contributed by atoms with van der Waals surface area (Å²) >= 11 is 0. The SMILES string of the molecule is [B]c1c(OC)ccc2c1OCCO2. The third-order valence-electron chi connectivity index (χ3n) is 1.93. The van der Waals surface area contributed by atoms with Crippen molar-refractivity contribution in [2.24, 2.45) is 0 Å². The summed E-state index contributed by atoms with van der Waals surface area (Å²) in [7, 11) is 7.36. The lowest BCUT2D eigenvalue weighted by Gasteiger charge is -2.21. The quantitative estimate of drug-likeness (QED) is 0.574. The van der Waals surface area contributed by atoms with Crippen LogP contribution in [0.4, 0.5) is 0 Å². The van der Waals surface area contributed by atoms with E-state index in [1.54, 1.807) is 19.2 Å². The number of ether oxygens (including phenoxy) is 3. The van der Waals surface area contributed by atoms with Gasteiger partial charge >= 0.3 is 0 Å². The third kappa shape index (κ3) is 1.32. The molecule has 1 aliphatic rings. The van der Waals surface area contributed by atoms with Crippen molar-refractivity contribution in [1.29, 1.82) is 0 Å². The van der Waals surface area contributed by atoms with Crippen molar-refractivity contribution < 1.29 is 14.2 Å². The van der Waals surface area contributed by atoms with Gasteiger partial charge in [-0.1, -0.05) is 0 Å². The van der Waals surface area contributed by atoms with Gasteiger partial charge in [-0.15, -0.1) is 0 Å². The lowest BCUT2D eigenvalue weighted by atomic mass is 9.93. The highest BCUT2D eigenvalue weighted by Gasteiger charge is 2.15. The Labute approximate surface area is 78.0 Å². The molecule has 1 aliphatic heterocycles. The minimum Gasteiger partial charge on any atom is -0.497 e. The molecule has 4 heteroatoms. The largest absolute Gasteiger partial charge is 0.497 e. The normalized spacial score (nSPS) is 13.9. The summed E-state index contributed by atoms with van der Waals surface area (Å²) in [6.07, 6.45) is 0. The molecule has 66 valence electrons. The summed E-state index contributed by atoms with van der Waals surface area (Å²) in [6, 6.07) is 3.56. The molecule has 0 bridgehead atoms. The first-order chi connectivity index (χ1) is 6.33. The number of methoxy groups -OCH3 is 1. The highest BCUT2D eigenvalue weighted by atomic mass is 16.6. The number of fused-ring (bicyclic) bond motifs is 1. The van der Waals surface area contributed by atoms with E-state index in [-0.39, 0.29) is 0 Å². The lowest BCUT2D eigenvalue weighted by Crippen LogP contribution is -2.22. The first kappa shape index (κ1) is 8.29. The average Bonchev–Trinajstić information content (AvgIpc) is 2.19. The van der Waals surface area contributed by atoms with Crippen molar-refractivity contribution in [2.45, 2.75) is 0 Å². The molecule has 2 rings (SSSR count). The first-order valence-corrected chi connectivity index (χ1v) is 4.05. The van der Waals surface area contributed by atoms with E-state index in [9.17, 15) is 0 Å². The van der Waals surface area contributed by atoms with Gasteiger partial charge in [0.2, 0.25) is 0 Å². The van der Waals surface area contributed by atoms with Crippen LogP contribution in [0.3, 0.4) is 0 Å². The van der Waals surface area contributed by atoms with Crippen LogP contribution in [-0.4, -0.2) is 28.2 Å². The summed E-state index contributed by atoms with van der Waals surface area (Å²) in [5, 5.41) is 0. The van der Waals surface area contributed by atoms with Gasteiger partial charge in [-0.3, -0.25) is 0 Å². The molecule has 1 aromatic carbocycles. The topological polar surface area (TPSA) is 27.7 Å². The fraction of sp³-hybridized carbons (Fsp3) is 0.333. The predicted molar refractivity (Wildman–Crippen MR) is 49.4 cm³/mol. The van der Waals surface area contributed by atoms with Crippen LogP contribution in [0.25, 0.3) is 0 Å². The smallest absolute Gasteiger partial charge is 0.161 e. The van der Waals surface area contributed by atoms with E-state index in [4.69, 9.17) is 22.1 Å². The Kier molecular flexibility index (Phi) is 2.04. The third-order valence-corrected chi connectivity index (χ3v) is 1.93. The molecule has 0 fully saturated rings. The summed E-state index contributed by atoms with van der Waals surface area (Å²) in [5.41, 5.74) is 0.500. The van der Waals surface area contributed by atoms with Gasteiger partial charge in [0, 0.05) is 0 Å². The molecular formula is C9H9BO3. The zero-order chi connectivity index (χ0) is 9.26. The molecule has 2 radical (unpaired) electrons. The van der Waals surface area contributed by atoms with Crippen molar-refractivity contribution in [1.82, 2.24) is 0 Å². The van der Waals surface area contributed by atoms with E-state index in [1.165, 1.54) is 0 Å². The number of hydrogen-bond donors (Lipinski definition) is 0. The van der Waals surface area contributed by atoms with Gasteiger partial charge in [0.05, 0.1) is 7.11 Å². The minimum absolute atomic E-state index is 0.500. The van der Waals surface area contributed by atoms with Gasteiger partial charge in [0.15, 0.2) is 11.5 Å². The van der Waals surface area contributed by atoms with E-state index in [0.717, 1.165) is 0 Å². The van der Waals surface area contributed by atoms with Gasteiger partial charge in [-0.2, -0.15) is 0 Å². The fourth-order valence-corrected chi connectivity index (χ4v) is 1.30. The number of benzene rings is 1. The summed E-state index contributed by atoms with van der Waals surface area (Å²) in [4.78, 5) is 0. The fourth-order valence-electron chi connectivity index (χ4n) is 1.30. The Balaban J connectivity index is 2.48. The highest BCUT2D eigenvalue weighted by molar-refractivity contribution is 6.36. The lowest BCUT2D eigenvalue weighted by molar-refractivity contribution is 0.172. The number of rotatable bonds is 1. The molecule has 0 unspecified atom stereocenters. The molecule has 0 saturated carbocycles. The van der Waals surface area contributed by atoms with E-state index in [1.807, 2.05) is 0 Å². The first-order valence-electron chi connectivity index (χ1n) is 4.05. The van der Waals surface area contributed by atoms with Crippen LogP contribution in [0.2, 0.25) is 0 Å². The van der Waals surface area contributed by atoms with Crippen LogP contribution in [0.5, 0.6) is 17.2 Å². The highest BCUT2D eigenvalue weighted by Crippen LogP contribution is 2.30. The van der Waals surface area contributed by atoms with Crippen molar-refractivity contribution >= 4 is 13.3 Å². The van der Waals surface area contributed by atoms with Gasteiger partial charge in [-0.25, -0.2) is 0 Å². The van der Waals surface area contributed by atoms with E-state index in [0.29, 0.717) is 35.9 Å². The monoisotopic (exact) mass is 176 g/mol. The number of hydrogen-bond acceptors (Lipinski definition) is 3. The van der Waals surface area contributed by atoms with Crippen molar-refractivity contribution in [3.8, 4) is 17.2 Å². The molecule has 0 saturated heterocycles. The molecule has 3 nitrogen and oxygen atoms in total. The van der Waals surface area contributed by atoms with E-state index < -0.39 is 0 Å². The van der Waals surface area contributed by atoms with Crippen molar-refractivity contribution in [2.75, 3.05) is 20.3 Å². The second-order valence-corrected chi connectivity index (χ2v) is 2.71. The zero-order valence-electron chi connectivity index (χ0n) is 7.37. The molecule has 0 N–H and O–H groups in total. The van der Waals surface area contributed by atoms with Crippen LogP contribution < -0.4 is 19.7 Å². The van der Waals surface area contributed by atoms with Crippen molar-refractivity contribution in [3.05, 3.63) is 12.1 Å².